The predicted octanol–water partition coefficient (Wildman–Crippen LogP) is 3.29. The quantitative estimate of drug-likeness (QED) is 0.850. The van der Waals surface area contributed by atoms with Crippen molar-refractivity contribution in [2.24, 2.45) is 0 Å². The molecule has 0 aliphatic heterocycles. The first kappa shape index (κ1) is 17.2. The van der Waals surface area contributed by atoms with E-state index in [1.54, 1.807) is 24.5 Å². The number of amides is 2. The van der Waals surface area contributed by atoms with Gasteiger partial charge in [0.2, 0.25) is 0 Å². The van der Waals surface area contributed by atoms with Crippen LogP contribution in [0, 0.1) is 5.82 Å². The first-order valence-electron chi connectivity index (χ1n) is 7.11. The number of carbonyl (C=O) groups is 1. The van der Waals surface area contributed by atoms with E-state index in [0.717, 1.165) is 11.6 Å². The Morgan fingerprint density at radius 3 is 2.74 bits per heavy atom. The molecule has 1 heterocycles. The monoisotopic (exact) mass is 337 g/mol. The number of anilines is 1. The van der Waals surface area contributed by atoms with Crippen LogP contribution in [0.4, 0.5) is 14.9 Å². The fourth-order valence-corrected chi connectivity index (χ4v) is 2.17. The molecule has 2 rings (SSSR count). The van der Waals surface area contributed by atoms with E-state index >= 15 is 0 Å². The van der Waals surface area contributed by atoms with Crippen molar-refractivity contribution in [3.63, 3.8) is 0 Å². The van der Waals surface area contributed by atoms with Gasteiger partial charge in [-0.1, -0.05) is 11.6 Å². The molecule has 5 nitrogen and oxygen atoms in total. The van der Waals surface area contributed by atoms with Crippen molar-refractivity contribution < 1.29 is 14.3 Å². The van der Waals surface area contributed by atoms with Crippen LogP contribution in [-0.2, 0) is 6.54 Å². The number of urea groups is 1. The average molecular weight is 338 g/mol. The van der Waals surface area contributed by atoms with Crippen LogP contribution in [0.3, 0.4) is 0 Å². The van der Waals surface area contributed by atoms with Crippen molar-refractivity contribution in [2.75, 3.05) is 18.5 Å². The molecule has 0 saturated heterocycles. The van der Waals surface area contributed by atoms with Gasteiger partial charge in [0.15, 0.2) is 0 Å². The van der Waals surface area contributed by atoms with Gasteiger partial charge in [0.05, 0.1) is 10.7 Å². The molecular weight excluding hydrogens is 321 g/mol. The van der Waals surface area contributed by atoms with Gasteiger partial charge in [-0.15, -0.1) is 0 Å². The third kappa shape index (κ3) is 5.19. The van der Waals surface area contributed by atoms with E-state index in [1.165, 1.54) is 17.0 Å². The van der Waals surface area contributed by atoms with Crippen LogP contribution in [0.2, 0.25) is 5.02 Å². The van der Waals surface area contributed by atoms with E-state index in [-0.39, 0.29) is 17.3 Å². The number of hydrogen-bond acceptors (Lipinski definition) is 3. The summed E-state index contributed by atoms with van der Waals surface area (Å²) >= 11 is 5.96. The van der Waals surface area contributed by atoms with Crippen molar-refractivity contribution in [1.82, 2.24) is 9.88 Å². The van der Waals surface area contributed by atoms with Gasteiger partial charge in [0.25, 0.3) is 0 Å². The maximum atomic E-state index is 13.3. The van der Waals surface area contributed by atoms with E-state index in [0.29, 0.717) is 19.5 Å². The Labute approximate surface area is 138 Å². The average Bonchev–Trinajstić information content (AvgIpc) is 2.55. The van der Waals surface area contributed by atoms with Gasteiger partial charge in [0.1, 0.15) is 5.82 Å². The highest BCUT2D eigenvalue weighted by atomic mass is 35.5. The van der Waals surface area contributed by atoms with Gasteiger partial charge in [-0.2, -0.15) is 0 Å². The summed E-state index contributed by atoms with van der Waals surface area (Å²) in [7, 11) is 0. The fraction of sp³-hybridized carbons (Fsp3) is 0.250. The number of aromatic nitrogens is 1. The molecule has 2 amide bonds. The maximum Gasteiger partial charge on any atom is 0.322 e. The number of nitrogens with zero attached hydrogens (tertiary/aromatic N) is 2. The maximum absolute atomic E-state index is 13.3. The standard InChI is InChI=1S/C16H17ClFN3O2/c17-14-3-2-13(18)10-15(14)20-16(23)21(8-1-9-22)11-12-4-6-19-7-5-12/h2-7,10,22H,1,8-9,11H2,(H,20,23). The van der Waals surface area contributed by atoms with Gasteiger partial charge in [-0.25, -0.2) is 9.18 Å². The van der Waals surface area contributed by atoms with Crippen LogP contribution in [-0.4, -0.2) is 34.2 Å². The topological polar surface area (TPSA) is 65.5 Å². The van der Waals surface area contributed by atoms with Crippen LogP contribution in [0.25, 0.3) is 0 Å². The van der Waals surface area contributed by atoms with Crippen molar-refractivity contribution in [2.45, 2.75) is 13.0 Å². The molecule has 1 aromatic carbocycles. The van der Waals surface area contributed by atoms with E-state index in [9.17, 15) is 9.18 Å². The van der Waals surface area contributed by atoms with E-state index < -0.39 is 11.8 Å². The Kier molecular flexibility index (Phi) is 6.31. The zero-order valence-electron chi connectivity index (χ0n) is 12.4. The molecule has 0 bridgehead atoms. The van der Waals surface area contributed by atoms with Gasteiger partial charge in [-0.3, -0.25) is 4.98 Å². The first-order chi connectivity index (χ1) is 11.1. The highest BCUT2D eigenvalue weighted by Gasteiger charge is 2.15. The number of aliphatic hydroxyl groups is 1. The largest absolute Gasteiger partial charge is 0.396 e. The van der Waals surface area contributed by atoms with Crippen molar-refractivity contribution in [3.8, 4) is 0 Å². The minimum atomic E-state index is -0.485. The van der Waals surface area contributed by atoms with Crippen LogP contribution in [0.5, 0.6) is 0 Å². The highest BCUT2D eigenvalue weighted by molar-refractivity contribution is 6.33. The number of aliphatic hydroxyl groups excluding tert-OH is 1. The molecule has 2 aromatic rings. The molecule has 0 aliphatic rings. The number of halogens is 2. The lowest BCUT2D eigenvalue weighted by Crippen LogP contribution is -2.35. The van der Waals surface area contributed by atoms with Crippen molar-refractivity contribution in [1.29, 1.82) is 0 Å². The Hall–Kier alpha value is -2.18. The lowest BCUT2D eigenvalue weighted by molar-refractivity contribution is 0.199. The van der Waals surface area contributed by atoms with Crippen LogP contribution < -0.4 is 5.32 Å². The minimum absolute atomic E-state index is 0.0269. The third-order valence-electron chi connectivity index (χ3n) is 3.17. The first-order valence-corrected chi connectivity index (χ1v) is 7.48. The minimum Gasteiger partial charge on any atom is -0.396 e. The summed E-state index contributed by atoms with van der Waals surface area (Å²) in [6, 6.07) is 6.95. The number of rotatable bonds is 6. The number of benzene rings is 1. The van der Waals surface area contributed by atoms with E-state index in [4.69, 9.17) is 16.7 Å². The van der Waals surface area contributed by atoms with E-state index in [1.807, 2.05) is 0 Å². The molecule has 7 heteroatoms. The summed E-state index contributed by atoms with van der Waals surface area (Å²) in [6.45, 7) is 0.680. The summed E-state index contributed by atoms with van der Waals surface area (Å²) in [6.07, 6.45) is 3.72. The molecular formula is C16H17ClFN3O2. The molecule has 0 aliphatic carbocycles. The zero-order chi connectivity index (χ0) is 16.7. The summed E-state index contributed by atoms with van der Waals surface area (Å²) in [5.74, 6) is -0.485. The molecule has 0 saturated carbocycles. The smallest absolute Gasteiger partial charge is 0.322 e. The lowest BCUT2D eigenvalue weighted by Gasteiger charge is -2.23. The Balaban J connectivity index is 2.11. The second-order valence-corrected chi connectivity index (χ2v) is 5.32. The summed E-state index contributed by atoms with van der Waals surface area (Å²) in [4.78, 5) is 17.9. The number of hydrogen-bond donors (Lipinski definition) is 2. The number of pyridine rings is 1. The fourth-order valence-electron chi connectivity index (χ4n) is 2.01. The molecule has 1 aromatic heterocycles. The Morgan fingerprint density at radius 1 is 1.30 bits per heavy atom. The SMILES string of the molecule is O=C(Nc1cc(F)ccc1Cl)N(CCCO)Cc1ccncc1. The van der Waals surface area contributed by atoms with Gasteiger partial charge in [-0.05, 0) is 42.3 Å². The molecule has 0 fully saturated rings. The normalized spacial score (nSPS) is 10.4. The molecule has 122 valence electrons. The summed E-state index contributed by atoms with van der Waals surface area (Å²) in [5.41, 5.74) is 1.11. The van der Waals surface area contributed by atoms with E-state index in [2.05, 4.69) is 10.3 Å². The highest BCUT2D eigenvalue weighted by Crippen LogP contribution is 2.23. The van der Waals surface area contributed by atoms with Crippen molar-refractivity contribution in [3.05, 3.63) is 59.1 Å². The Morgan fingerprint density at radius 2 is 2.04 bits per heavy atom. The van der Waals surface area contributed by atoms with Gasteiger partial charge < -0.3 is 15.3 Å². The number of carbonyl (C=O) groups excluding carboxylic acids is 1. The Bertz CT molecular complexity index is 655. The molecule has 0 unspecified atom stereocenters. The molecule has 0 atom stereocenters. The van der Waals surface area contributed by atoms with Gasteiger partial charge >= 0.3 is 6.03 Å². The second-order valence-electron chi connectivity index (χ2n) is 4.91. The van der Waals surface area contributed by atoms with Crippen molar-refractivity contribution >= 4 is 23.3 Å². The lowest BCUT2D eigenvalue weighted by atomic mass is 10.2. The summed E-state index contributed by atoms with van der Waals surface area (Å²) in [5, 5.41) is 11.8. The van der Waals surface area contributed by atoms with Crippen LogP contribution in [0.15, 0.2) is 42.7 Å². The van der Waals surface area contributed by atoms with Gasteiger partial charge in [0, 0.05) is 32.1 Å². The summed E-state index contributed by atoms with van der Waals surface area (Å²) < 4.78 is 13.3. The van der Waals surface area contributed by atoms with Crippen LogP contribution >= 0.6 is 11.6 Å². The second kappa shape index (κ2) is 8.45. The molecule has 0 radical (unpaired) electrons. The molecule has 0 spiro atoms. The zero-order valence-corrected chi connectivity index (χ0v) is 13.1. The molecule has 23 heavy (non-hydrogen) atoms. The number of nitrogens with one attached hydrogen (secondary N) is 1. The third-order valence-corrected chi connectivity index (χ3v) is 3.50. The molecule has 2 N–H and O–H groups in total. The van der Waals surface area contributed by atoms with Crippen LogP contribution in [0.1, 0.15) is 12.0 Å². The predicted molar refractivity (Wildman–Crippen MR) is 86.8 cm³/mol.